The molecule has 86 valence electrons. The first kappa shape index (κ1) is 12.1. The van der Waals surface area contributed by atoms with Gasteiger partial charge in [-0.25, -0.2) is 4.79 Å². The molecule has 0 radical (unpaired) electrons. The van der Waals surface area contributed by atoms with Crippen LogP contribution in [-0.2, 0) is 4.74 Å². The lowest BCUT2D eigenvalue weighted by atomic mass is 10.3. The minimum atomic E-state index is -0.430. The lowest BCUT2D eigenvalue weighted by Gasteiger charge is -1.98. The van der Waals surface area contributed by atoms with Crippen LogP contribution in [0.1, 0.15) is 30.0 Å². The molecule has 0 aliphatic heterocycles. The van der Waals surface area contributed by atoms with Crippen molar-refractivity contribution in [1.29, 1.82) is 0 Å². The average Bonchev–Trinajstić information content (AvgIpc) is 2.72. The second-order valence-electron chi connectivity index (χ2n) is 2.75. The molecule has 2 rings (SSSR count). The van der Waals surface area contributed by atoms with E-state index in [0.717, 1.165) is 0 Å². The van der Waals surface area contributed by atoms with Gasteiger partial charge in [0.1, 0.15) is 0 Å². The van der Waals surface area contributed by atoms with Gasteiger partial charge in [-0.15, -0.1) is 10.2 Å². The number of nitrogens with zero attached hydrogens (tertiary/aromatic N) is 4. The fourth-order valence-corrected chi connectivity index (χ4v) is 1.13. The van der Waals surface area contributed by atoms with Crippen molar-refractivity contribution in [3.05, 3.63) is 23.7 Å². The van der Waals surface area contributed by atoms with Gasteiger partial charge in [0.15, 0.2) is 11.5 Å². The minimum absolute atomic E-state index is 0.368. The van der Waals surface area contributed by atoms with Crippen LogP contribution in [0.15, 0.2) is 12.3 Å². The van der Waals surface area contributed by atoms with Gasteiger partial charge >= 0.3 is 5.97 Å². The predicted octanol–water partition coefficient (Wildman–Crippen LogP) is 1.25. The van der Waals surface area contributed by atoms with Gasteiger partial charge in [0, 0.05) is 6.07 Å². The van der Waals surface area contributed by atoms with E-state index in [1.807, 2.05) is 13.8 Å². The maximum Gasteiger partial charge on any atom is 0.339 e. The molecule has 6 nitrogen and oxygen atoms in total. The molecule has 2 aromatic rings. The molecule has 0 aromatic carbocycles. The lowest BCUT2D eigenvalue weighted by molar-refractivity contribution is 0.0600. The molecule has 0 saturated carbocycles. The molecule has 0 aliphatic carbocycles. The number of hydrogen-bond acceptors (Lipinski definition) is 5. The third-order valence-electron chi connectivity index (χ3n) is 1.84. The van der Waals surface area contributed by atoms with Crippen molar-refractivity contribution >= 4 is 11.6 Å². The molecular weight excluding hydrogens is 208 g/mol. The van der Waals surface area contributed by atoms with Crippen molar-refractivity contribution in [3.63, 3.8) is 0 Å². The molecule has 0 spiro atoms. The maximum atomic E-state index is 11.1. The van der Waals surface area contributed by atoms with Gasteiger partial charge in [-0.2, -0.15) is 9.61 Å². The number of aromatic nitrogens is 4. The van der Waals surface area contributed by atoms with Crippen molar-refractivity contribution in [3.8, 4) is 0 Å². The van der Waals surface area contributed by atoms with Crippen LogP contribution in [-0.4, -0.2) is 32.9 Å². The Morgan fingerprint density at radius 3 is 2.69 bits per heavy atom. The number of hydrogen-bond donors (Lipinski definition) is 0. The van der Waals surface area contributed by atoms with Gasteiger partial charge in [0.2, 0.25) is 0 Å². The summed E-state index contributed by atoms with van der Waals surface area (Å²) in [5.41, 5.74) is 0.901. The van der Waals surface area contributed by atoms with Gasteiger partial charge in [-0.3, -0.25) is 0 Å². The normalized spacial score (nSPS) is 9.50. The van der Waals surface area contributed by atoms with Crippen LogP contribution in [0.25, 0.3) is 5.65 Å². The van der Waals surface area contributed by atoms with Crippen molar-refractivity contribution < 1.29 is 9.53 Å². The summed E-state index contributed by atoms with van der Waals surface area (Å²) in [4.78, 5) is 11.1. The molecule has 0 aliphatic rings. The first-order valence-electron chi connectivity index (χ1n) is 4.99. The Labute approximate surface area is 93.3 Å². The van der Waals surface area contributed by atoms with Crippen LogP contribution in [0.2, 0.25) is 0 Å². The van der Waals surface area contributed by atoms with E-state index >= 15 is 0 Å². The van der Waals surface area contributed by atoms with Gasteiger partial charge < -0.3 is 4.74 Å². The largest absolute Gasteiger partial charge is 0.465 e. The second kappa shape index (κ2) is 5.20. The van der Waals surface area contributed by atoms with Crippen molar-refractivity contribution in [2.75, 3.05) is 7.11 Å². The number of ether oxygens (including phenoxy) is 1. The minimum Gasteiger partial charge on any atom is -0.465 e. The molecule has 0 atom stereocenters. The van der Waals surface area contributed by atoms with Crippen LogP contribution < -0.4 is 0 Å². The topological polar surface area (TPSA) is 69.4 Å². The van der Waals surface area contributed by atoms with E-state index in [-0.39, 0.29) is 0 Å². The Morgan fingerprint density at radius 2 is 2.06 bits per heavy atom. The Balaban J connectivity index is 0.000000606. The molecule has 2 heterocycles. The SMILES string of the molecule is CC.COC(=O)c1cnn2c(C)nnc2c1. The fraction of sp³-hybridized carbons (Fsp3) is 0.400. The van der Waals surface area contributed by atoms with Gasteiger partial charge in [0.05, 0.1) is 18.9 Å². The van der Waals surface area contributed by atoms with Gasteiger partial charge in [-0.1, -0.05) is 13.8 Å². The summed E-state index contributed by atoms with van der Waals surface area (Å²) in [5, 5.41) is 11.7. The summed E-state index contributed by atoms with van der Waals surface area (Å²) in [6.07, 6.45) is 1.43. The number of rotatable bonds is 1. The Morgan fingerprint density at radius 1 is 1.38 bits per heavy atom. The Kier molecular flexibility index (Phi) is 3.93. The highest BCUT2D eigenvalue weighted by Gasteiger charge is 2.09. The van der Waals surface area contributed by atoms with E-state index in [1.165, 1.54) is 13.3 Å². The van der Waals surface area contributed by atoms with Crippen molar-refractivity contribution in [2.45, 2.75) is 20.8 Å². The van der Waals surface area contributed by atoms with Gasteiger partial charge in [-0.05, 0) is 6.92 Å². The van der Waals surface area contributed by atoms with Gasteiger partial charge in [0.25, 0.3) is 0 Å². The molecule has 0 amide bonds. The molecule has 0 bridgehead atoms. The molecule has 0 saturated heterocycles. The summed E-state index contributed by atoms with van der Waals surface area (Å²) in [7, 11) is 1.32. The predicted molar refractivity (Wildman–Crippen MR) is 58.2 cm³/mol. The first-order chi connectivity index (χ1) is 7.72. The second-order valence-corrected chi connectivity index (χ2v) is 2.75. The molecular formula is C10H14N4O2. The molecule has 16 heavy (non-hydrogen) atoms. The van der Waals surface area contributed by atoms with Crippen molar-refractivity contribution in [2.24, 2.45) is 0 Å². The number of fused-ring (bicyclic) bond motifs is 1. The van der Waals surface area contributed by atoms with Crippen LogP contribution in [0.4, 0.5) is 0 Å². The number of carbonyl (C=O) groups is 1. The number of aryl methyl sites for hydroxylation is 1. The Hall–Kier alpha value is -1.98. The lowest BCUT2D eigenvalue weighted by Crippen LogP contribution is -2.04. The zero-order chi connectivity index (χ0) is 12.1. The fourth-order valence-electron chi connectivity index (χ4n) is 1.13. The molecule has 0 N–H and O–H groups in total. The Bertz CT molecular complexity index is 493. The van der Waals surface area contributed by atoms with E-state index in [0.29, 0.717) is 17.0 Å². The van der Waals surface area contributed by atoms with Crippen LogP contribution in [0, 0.1) is 6.92 Å². The molecule has 0 fully saturated rings. The monoisotopic (exact) mass is 222 g/mol. The van der Waals surface area contributed by atoms with Crippen LogP contribution in [0.5, 0.6) is 0 Å². The quantitative estimate of drug-likeness (QED) is 0.679. The van der Waals surface area contributed by atoms with E-state index in [2.05, 4.69) is 20.0 Å². The maximum absolute atomic E-state index is 11.1. The van der Waals surface area contributed by atoms with E-state index in [9.17, 15) is 4.79 Å². The highest BCUT2D eigenvalue weighted by molar-refractivity contribution is 5.89. The van der Waals surface area contributed by atoms with E-state index in [1.54, 1.807) is 17.5 Å². The van der Waals surface area contributed by atoms with Crippen LogP contribution >= 0.6 is 0 Å². The standard InChI is InChI=1S/C8H8N4O2.C2H6/c1-5-10-11-7-3-6(8(13)14-2)4-9-12(5)7;1-2/h3-4H,1-2H3;1-2H3. The summed E-state index contributed by atoms with van der Waals surface area (Å²) in [5.74, 6) is 0.247. The molecule has 2 aromatic heterocycles. The zero-order valence-corrected chi connectivity index (χ0v) is 9.76. The zero-order valence-electron chi connectivity index (χ0n) is 9.76. The van der Waals surface area contributed by atoms with E-state index < -0.39 is 5.97 Å². The third kappa shape index (κ3) is 2.16. The highest BCUT2D eigenvalue weighted by Crippen LogP contribution is 2.04. The van der Waals surface area contributed by atoms with Crippen LogP contribution in [0.3, 0.4) is 0 Å². The van der Waals surface area contributed by atoms with E-state index in [4.69, 9.17) is 0 Å². The van der Waals surface area contributed by atoms with Crippen molar-refractivity contribution in [1.82, 2.24) is 19.8 Å². The molecule has 6 heteroatoms. The number of carbonyl (C=O) groups excluding carboxylic acids is 1. The smallest absolute Gasteiger partial charge is 0.339 e. The third-order valence-corrected chi connectivity index (χ3v) is 1.84. The average molecular weight is 222 g/mol. The summed E-state index contributed by atoms with van der Waals surface area (Å²) >= 11 is 0. The summed E-state index contributed by atoms with van der Waals surface area (Å²) in [6.45, 7) is 5.78. The summed E-state index contributed by atoms with van der Waals surface area (Å²) in [6, 6.07) is 1.58. The number of esters is 1. The molecule has 0 unspecified atom stereocenters. The number of methoxy groups -OCH3 is 1. The highest BCUT2D eigenvalue weighted by atomic mass is 16.5. The summed E-state index contributed by atoms with van der Waals surface area (Å²) < 4.78 is 6.10. The first-order valence-corrected chi connectivity index (χ1v) is 4.99.